The maximum Gasteiger partial charge on any atom is 0.246 e. The molecule has 2 atom stereocenters. The number of aliphatic hydroxyl groups excluding tert-OH is 2. The van der Waals surface area contributed by atoms with Crippen LogP contribution < -0.4 is 0 Å². The Hall–Kier alpha value is -2.45. The Morgan fingerprint density at radius 1 is 0.723 bits per heavy atom. The minimum atomic E-state index is -0.810. The van der Waals surface area contributed by atoms with E-state index >= 15 is 0 Å². The lowest BCUT2D eigenvalue weighted by Crippen LogP contribution is -2.50. The number of ether oxygens (including phenoxy) is 2. The quantitative estimate of drug-likeness (QED) is 0.221. The number of hydrogen-bond donors (Lipinski definition) is 2. The lowest BCUT2D eigenvalue weighted by atomic mass is 10.2. The van der Waals surface area contributed by atoms with Crippen molar-refractivity contribution in [1.29, 1.82) is 0 Å². The molecule has 2 saturated heterocycles. The Labute approximate surface area is 291 Å². The first-order valence-electron chi connectivity index (χ1n) is 15.9. The molecule has 256 valence electrons. The van der Waals surface area contributed by atoms with E-state index in [0.717, 1.165) is 20.9 Å². The van der Waals surface area contributed by atoms with Gasteiger partial charge in [0.1, 0.15) is 0 Å². The van der Waals surface area contributed by atoms with Crippen LogP contribution in [0.25, 0.3) is 12.2 Å². The molecule has 0 saturated carbocycles. The van der Waals surface area contributed by atoms with Crippen LogP contribution in [0.15, 0.2) is 58.3 Å². The molecule has 0 aromatic heterocycles. The number of amides is 2. The number of β-amino-alcohol motifs (C(OH)–C–C–N with tert-alkyl or cyclic N) is 2. The molecule has 47 heavy (non-hydrogen) atoms. The molecular formula is C34H44Cl2N4O6S. The molecule has 2 amide bonds. The van der Waals surface area contributed by atoms with Crippen LogP contribution in [-0.2, 0) is 19.1 Å². The monoisotopic (exact) mass is 706 g/mol. The lowest BCUT2D eigenvalue weighted by Gasteiger charge is -2.35. The summed E-state index contributed by atoms with van der Waals surface area (Å²) in [6.07, 6.45) is 5.02. The molecule has 2 aromatic rings. The first-order valence-corrected chi connectivity index (χ1v) is 17.5. The number of carbonyl (C=O) groups excluding carboxylic acids is 2. The molecule has 2 heterocycles. The van der Waals surface area contributed by atoms with Crippen molar-refractivity contribution < 1.29 is 29.3 Å². The topological polar surface area (TPSA) is 106 Å². The van der Waals surface area contributed by atoms with Gasteiger partial charge in [-0.3, -0.25) is 19.4 Å². The SMILES string of the molecule is CCOC(O)CN1CCN(C(=O)/C=C/c2ccc(Sc3ccc(/C=C/C(=O)N4CCN(CC(O)OCC)CC4)cc3Cl)c(Cl)c2)CC1. The summed E-state index contributed by atoms with van der Waals surface area (Å²) in [5.74, 6) is -0.132. The van der Waals surface area contributed by atoms with E-state index in [1.807, 2.05) is 50.2 Å². The molecular weight excluding hydrogens is 663 g/mol. The van der Waals surface area contributed by atoms with Crippen molar-refractivity contribution in [2.75, 3.05) is 78.7 Å². The smallest absolute Gasteiger partial charge is 0.246 e. The van der Waals surface area contributed by atoms with E-state index in [1.165, 1.54) is 11.8 Å². The van der Waals surface area contributed by atoms with Gasteiger partial charge in [-0.15, -0.1) is 0 Å². The predicted molar refractivity (Wildman–Crippen MR) is 186 cm³/mol. The van der Waals surface area contributed by atoms with Gasteiger partial charge in [0.2, 0.25) is 11.8 Å². The zero-order chi connectivity index (χ0) is 33.8. The van der Waals surface area contributed by atoms with Crippen molar-refractivity contribution in [2.45, 2.75) is 36.2 Å². The van der Waals surface area contributed by atoms with Gasteiger partial charge in [0.05, 0.1) is 10.0 Å². The molecule has 0 bridgehead atoms. The summed E-state index contributed by atoms with van der Waals surface area (Å²) in [6.45, 7) is 10.5. The molecule has 2 aliphatic rings. The van der Waals surface area contributed by atoms with E-state index in [1.54, 1.807) is 34.1 Å². The normalized spacial score (nSPS) is 17.9. The number of hydrogen-bond acceptors (Lipinski definition) is 9. The van der Waals surface area contributed by atoms with E-state index in [9.17, 15) is 19.8 Å². The molecule has 2 unspecified atom stereocenters. The Kier molecular flexibility index (Phi) is 15.0. The van der Waals surface area contributed by atoms with E-state index in [4.69, 9.17) is 32.7 Å². The van der Waals surface area contributed by atoms with E-state index < -0.39 is 12.6 Å². The van der Waals surface area contributed by atoms with Crippen LogP contribution in [0.2, 0.25) is 10.0 Å². The van der Waals surface area contributed by atoms with Gasteiger partial charge in [-0.05, 0) is 61.4 Å². The van der Waals surface area contributed by atoms with Crippen molar-refractivity contribution >= 4 is 58.9 Å². The summed E-state index contributed by atoms with van der Waals surface area (Å²) in [5, 5.41) is 20.8. The summed E-state index contributed by atoms with van der Waals surface area (Å²) >= 11 is 14.7. The van der Waals surface area contributed by atoms with Gasteiger partial charge < -0.3 is 29.5 Å². The number of rotatable bonds is 14. The van der Waals surface area contributed by atoms with Gasteiger partial charge in [-0.2, -0.15) is 0 Å². The third-order valence-electron chi connectivity index (χ3n) is 7.88. The highest BCUT2D eigenvalue weighted by Gasteiger charge is 2.23. The molecule has 2 aromatic carbocycles. The summed E-state index contributed by atoms with van der Waals surface area (Å²) in [7, 11) is 0. The Bertz CT molecular complexity index is 1290. The average Bonchev–Trinajstić information content (AvgIpc) is 3.05. The summed E-state index contributed by atoms with van der Waals surface area (Å²) in [5.41, 5.74) is 1.62. The van der Waals surface area contributed by atoms with E-state index in [2.05, 4.69) is 9.80 Å². The molecule has 13 heteroatoms. The molecule has 2 aliphatic heterocycles. The van der Waals surface area contributed by atoms with Gasteiger partial charge in [-0.1, -0.05) is 47.1 Å². The van der Waals surface area contributed by atoms with Crippen molar-refractivity contribution in [3.8, 4) is 0 Å². The molecule has 0 spiro atoms. The Morgan fingerprint density at radius 2 is 1.11 bits per heavy atom. The molecule has 0 radical (unpaired) electrons. The second-order valence-corrected chi connectivity index (χ2v) is 13.1. The average molecular weight is 708 g/mol. The molecule has 2 fully saturated rings. The van der Waals surface area contributed by atoms with Crippen molar-refractivity contribution in [3.05, 3.63) is 69.7 Å². The first kappa shape index (κ1) is 37.4. The van der Waals surface area contributed by atoms with Gasteiger partial charge in [0.25, 0.3) is 0 Å². The van der Waals surface area contributed by atoms with Gasteiger partial charge in [0.15, 0.2) is 12.6 Å². The summed E-state index contributed by atoms with van der Waals surface area (Å²) in [4.78, 5) is 34.9. The Balaban J connectivity index is 1.25. The minimum Gasteiger partial charge on any atom is -0.367 e. The zero-order valence-electron chi connectivity index (χ0n) is 26.9. The van der Waals surface area contributed by atoms with Crippen molar-refractivity contribution in [1.82, 2.24) is 19.6 Å². The highest BCUT2D eigenvalue weighted by atomic mass is 35.5. The zero-order valence-corrected chi connectivity index (χ0v) is 29.2. The molecule has 0 aliphatic carbocycles. The number of benzene rings is 2. The fourth-order valence-electron chi connectivity index (χ4n) is 5.30. The van der Waals surface area contributed by atoms with Crippen LogP contribution in [0.4, 0.5) is 0 Å². The van der Waals surface area contributed by atoms with Gasteiger partial charge in [-0.25, -0.2) is 0 Å². The number of carbonyl (C=O) groups is 2. The standard InChI is InChI=1S/C34H44Cl2N4O6S/c1-3-45-33(43)23-37-13-17-39(18-14-37)31(41)11-7-25-5-9-29(27(35)21-25)47-30-10-6-26(22-28(30)36)8-12-32(42)40-19-15-38(16-20-40)24-34(44)46-4-2/h5-12,21-22,33-34,43-44H,3-4,13-20,23-24H2,1-2H3/b11-7+,12-8+. The number of halogens is 2. The summed E-state index contributed by atoms with van der Waals surface area (Å²) < 4.78 is 10.4. The predicted octanol–water partition coefficient (Wildman–Crippen LogP) is 4.17. The second kappa shape index (κ2) is 18.9. The van der Waals surface area contributed by atoms with Crippen LogP contribution >= 0.6 is 35.0 Å². The largest absolute Gasteiger partial charge is 0.367 e. The van der Waals surface area contributed by atoms with Crippen molar-refractivity contribution in [2.24, 2.45) is 0 Å². The maximum absolute atomic E-state index is 12.7. The highest BCUT2D eigenvalue weighted by molar-refractivity contribution is 7.99. The molecule has 4 rings (SSSR count). The minimum absolute atomic E-state index is 0.0659. The molecule has 10 nitrogen and oxygen atoms in total. The van der Waals surface area contributed by atoms with Crippen LogP contribution in [0.1, 0.15) is 25.0 Å². The van der Waals surface area contributed by atoms with Crippen LogP contribution in [0.5, 0.6) is 0 Å². The third kappa shape index (κ3) is 11.9. The summed E-state index contributed by atoms with van der Waals surface area (Å²) in [6, 6.07) is 11.3. The number of aliphatic hydroxyl groups is 2. The fourth-order valence-corrected chi connectivity index (χ4v) is 6.74. The van der Waals surface area contributed by atoms with Gasteiger partial charge >= 0.3 is 0 Å². The second-order valence-electron chi connectivity index (χ2n) is 11.2. The Morgan fingerprint density at radius 3 is 1.45 bits per heavy atom. The number of nitrogens with zero attached hydrogens (tertiary/aromatic N) is 4. The van der Waals surface area contributed by atoms with Crippen LogP contribution in [-0.4, -0.2) is 133 Å². The number of piperazine rings is 2. The highest BCUT2D eigenvalue weighted by Crippen LogP contribution is 2.38. The maximum atomic E-state index is 12.7. The van der Waals surface area contributed by atoms with Crippen molar-refractivity contribution in [3.63, 3.8) is 0 Å². The lowest BCUT2D eigenvalue weighted by molar-refractivity contribution is -0.131. The van der Waals surface area contributed by atoms with E-state index in [0.29, 0.717) is 88.7 Å². The third-order valence-corrected chi connectivity index (χ3v) is 9.88. The fraction of sp³-hybridized carbons (Fsp3) is 0.471. The molecule has 2 N–H and O–H groups in total. The first-order chi connectivity index (χ1) is 22.6. The van der Waals surface area contributed by atoms with Crippen LogP contribution in [0.3, 0.4) is 0 Å². The van der Waals surface area contributed by atoms with Gasteiger partial charge in [0, 0.05) is 101 Å². The van der Waals surface area contributed by atoms with E-state index in [-0.39, 0.29) is 11.8 Å². The van der Waals surface area contributed by atoms with Crippen LogP contribution in [0, 0.1) is 0 Å².